The highest BCUT2D eigenvalue weighted by atomic mass is 15.2. The molecule has 3 heteroatoms. The Morgan fingerprint density at radius 2 is 2.36 bits per heavy atom. The third kappa shape index (κ3) is 1.05. The summed E-state index contributed by atoms with van der Waals surface area (Å²) in [6.45, 7) is 2.06. The van der Waals surface area contributed by atoms with Gasteiger partial charge in [0, 0.05) is 18.5 Å². The third-order valence-electron chi connectivity index (χ3n) is 1.60. The maximum atomic E-state index is 3.86. The van der Waals surface area contributed by atoms with Crippen molar-refractivity contribution < 1.29 is 0 Å². The SMILES string of the molecule is Cc1ccn(-c2ccn[nH]2)c1. The third-order valence-corrected chi connectivity index (χ3v) is 1.60. The van der Waals surface area contributed by atoms with Gasteiger partial charge < -0.3 is 4.57 Å². The predicted molar refractivity (Wildman–Crippen MR) is 42.7 cm³/mol. The van der Waals surface area contributed by atoms with Gasteiger partial charge in [-0.1, -0.05) is 0 Å². The van der Waals surface area contributed by atoms with Crippen molar-refractivity contribution in [3.63, 3.8) is 0 Å². The smallest absolute Gasteiger partial charge is 0.132 e. The second kappa shape index (κ2) is 2.27. The van der Waals surface area contributed by atoms with Gasteiger partial charge in [-0.3, -0.25) is 5.10 Å². The standard InChI is InChI=1S/C8H9N3/c1-7-3-5-11(6-7)8-2-4-9-10-8/h2-6H,1H3,(H,9,10). The summed E-state index contributed by atoms with van der Waals surface area (Å²) >= 11 is 0. The number of H-pyrrole nitrogens is 1. The second-order valence-electron chi connectivity index (χ2n) is 2.54. The fraction of sp³-hybridized carbons (Fsp3) is 0.125. The zero-order valence-corrected chi connectivity index (χ0v) is 6.28. The molecule has 0 amide bonds. The van der Waals surface area contributed by atoms with Crippen LogP contribution in [0.5, 0.6) is 0 Å². The van der Waals surface area contributed by atoms with Crippen LogP contribution in [0, 0.1) is 6.92 Å². The number of nitrogens with zero attached hydrogens (tertiary/aromatic N) is 2. The molecule has 0 unspecified atom stereocenters. The lowest BCUT2D eigenvalue weighted by Gasteiger charge is -1.94. The van der Waals surface area contributed by atoms with Crippen molar-refractivity contribution in [2.24, 2.45) is 0 Å². The summed E-state index contributed by atoms with van der Waals surface area (Å²) in [6.07, 6.45) is 5.79. The predicted octanol–water partition coefficient (Wildman–Crippen LogP) is 1.51. The lowest BCUT2D eigenvalue weighted by molar-refractivity contribution is 0.963. The minimum Gasteiger partial charge on any atom is -0.309 e. The molecule has 0 saturated heterocycles. The van der Waals surface area contributed by atoms with E-state index >= 15 is 0 Å². The van der Waals surface area contributed by atoms with E-state index in [9.17, 15) is 0 Å². The van der Waals surface area contributed by atoms with E-state index in [1.54, 1.807) is 6.20 Å². The number of aryl methyl sites for hydroxylation is 1. The van der Waals surface area contributed by atoms with Gasteiger partial charge in [-0.2, -0.15) is 5.10 Å². The van der Waals surface area contributed by atoms with Crippen molar-refractivity contribution in [2.45, 2.75) is 6.92 Å². The fourth-order valence-corrected chi connectivity index (χ4v) is 1.05. The molecule has 3 nitrogen and oxygen atoms in total. The van der Waals surface area contributed by atoms with Gasteiger partial charge in [0.05, 0.1) is 6.20 Å². The van der Waals surface area contributed by atoms with E-state index in [0.717, 1.165) is 5.82 Å². The van der Waals surface area contributed by atoms with Gasteiger partial charge >= 0.3 is 0 Å². The first-order valence-electron chi connectivity index (χ1n) is 3.50. The van der Waals surface area contributed by atoms with Crippen LogP contribution in [-0.2, 0) is 0 Å². The zero-order chi connectivity index (χ0) is 7.68. The highest BCUT2D eigenvalue weighted by Gasteiger charge is 1.94. The van der Waals surface area contributed by atoms with Crippen LogP contribution in [-0.4, -0.2) is 14.8 Å². The summed E-state index contributed by atoms with van der Waals surface area (Å²) in [5.41, 5.74) is 1.25. The summed E-state index contributed by atoms with van der Waals surface area (Å²) < 4.78 is 2.00. The monoisotopic (exact) mass is 147 g/mol. The lowest BCUT2D eigenvalue weighted by Crippen LogP contribution is -1.88. The summed E-state index contributed by atoms with van der Waals surface area (Å²) in [6, 6.07) is 3.99. The Kier molecular flexibility index (Phi) is 1.28. The maximum Gasteiger partial charge on any atom is 0.132 e. The molecular weight excluding hydrogens is 138 g/mol. The van der Waals surface area contributed by atoms with Gasteiger partial charge in [0.2, 0.25) is 0 Å². The van der Waals surface area contributed by atoms with Gasteiger partial charge in [0.15, 0.2) is 0 Å². The first kappa shape index (κ1) is 6.22. The van der Waals surface area contributed by atoms with Crippen LogP contribution in [0.25, 0.3) is 5.82 Å². The molecule has 0 saturated carbocycles. The van der Waals surface area contributed by atoms with E-state index in [1.165, 1.54) is 5.56 Å². The summed E-state index contributed by atoms with van der Waals surface area (Å²) in [7, 11) is 0. The van der Waals surface area contributed by atoms with Crippen LogP contribution >= 0.6 is 0 Å². The molecule has 56 valence electrons. The molecule has 0 radical (unpaired) electrons. The molecule has 2 heterocycles. The van der Waals surface area contributed by atoms with Crippen molar-refractivity contribution in [3.05, 3.63) is 36.3 Å². The highest BCUT2D eigenvalue weighted by molar-refractivity contribution is 5.23. The molecule has 2 rings (SSSR count). The van der Waals surface area contributed by atoms with Gasteiger partial charge in [0.25, 0.3) is 0 Å². The quantitative estimate of drug-likeness (QED) is 0.651. The minimum absolute atomic E-state index is 0.998. The van der Waals surface area contributed by atoms with E-state index in [1.807, 2.05) is 23.0 Å². The Balaban J connectivity index is 2.45. The first-order chi connectivity index (χ1) is 5.36. The van der Waals surface area contributed by atoms with Crippen molar-refractivity contribution in [2.75, 3.05) is 0 Å². The minimum atomic E-state index is 0.998. The number of hydrogen-bond acceptors (Lipinski definition) is 1. The number of aromatic nitrogens is 3. The van der Waals surface area contributed by atoms with Crippen molar-refractivity contribution in [1.82, 2.24) is 14.8 Å². The average molecular weight is 147 g/mol. The van der Waals surface area contributed by atoms with Crippen LogP contribution in [0.2, 0.25) is 0 Å². The topological polar surface area (TPSA) is 33.6 Å². The molecule has 0 aliphatic heterocycles. The number of nitrogens with one attached hydrogen (secondary N) is 1. The molecular formula is C8H9N3. The fourth-order valence-electron chi connectivity index (χ4n) is 1.05. The summed E-state index contributed by atoms with van der Waals surface area (Å²) in [4.78, 5) is 0. The summed E-state index contributed by atoms with van der Waals surface area (Å²) in [5, 5.41) is 6.74. The van der Waals surface area contributed by atoms with E-state index in [-0.39, 0.29) is 0 Å². The van der Waals surface area contributed by atoms with Crippen LogP contribution in [0.15, 0.2) is 30.7 Å². The molecule has 2 aromatic rings. The molecule has 0 aromatic carbocycles. The Labute approximate surface area is 64.7 Å². The molecule has 0 spiro atoms. The van der Waals surface area contributed by atoms with Gasteiger partial charge in [-0.15, -0.1) is 0 Å². The molecule has 0 bridgehead atoms. The van der Waals surface area contributed by atoms with Crippen molar-refractivity contribution in [1.29, 1.82) is 0 Å². The highest BCUT2D eigenvalue weighted by Crippen LogP contribution is 2.05. The second-order valence-corrected chi connectivity index (χ2v) is 2.54. The molecule has 0 aliphatic rings. The largest absolute Gasteiger partial charge is 0.309 e. The van der Waals surface area contributed by atoms with Crippen LogP contribution < -0.4 is 0 Å². The van der Waals surface area contributed by atoms with Crippen LogP contribution in [0.3, 0.4) is 0 Å². The lowest BCUT2D eigenvalue weighted by atomic mass is 10.4. The van der Waals surface area contributed by atoms with E-state index in [2.05, 4.69) is 23.2 Å². The number of hydrogen-bond donors (Lipinski definition) is 1. The van der Waals surface area contributed by atoms with E-state index < -0.39 is 0 Å². The van der Waals surface area contributed by atoms with E-state index in [0.29, 0.717) is 0 Å². The van der Waals surface area contributed by atoms with Gasteiger partial charge in [-0.05, 0) is 18.6 Å². The first-order valence-corrected chi connectivity index (χ1v) is 3.50. The molecule has 1 N–H and O–H groups in total. The maximum absolute atomic E-state index is 3.86. The van der Waals surface area contributed by atoms with Gasteiger partial charge in [-0.25, -0.2) is 0 Å². The van der Waals surface area contributed by atoms with Gasteiger partial charge in [0.1, 0.15) is 5.82 Å². The Morgan fingerprint density at radius 3 is 2.91 bits per heavy atom. The zero-order valence-electron chi connectivity index (χ0n) is 6.28. The summed E-state index contributed by atoms with van der Waals surface area (Å²) in [5.74, 6) is 0.998. The Hall–Kier alpha value is -1.51. The molecule has 0 aliphatic carbocycles. The van der Waals surface area contributed by atoms with E-state index in [4.69, 9.17) is 0 Å². The van der Waals surface area contributed by atoms with Crippen LogP contribution in [0.1, 0.15) is 5.56 Å². The molecule has 0 atom stereocenters. The molecule has 2 aromatic heterocycles. The van der Waals surface area contributed by atoms with Crippen LogP contribution in [0.4, 0.5) is 0 Å². The molecule has 0 fully saturated rings. The average Bonchev–Trinajstić information content (AvgIpc) is 2.55. The normalized spacial score (nSPS) is 10.3. The van der Waals surface area contributed by atoms with Crippen molar-refractivity contribution in [3.8, 4) is 5.82 Å². The van der Waals surface area contributed by atoms with Crippen molar-refractivity contribution >= 4 is 0 Å². The Bertz CT molecular complexity index is 332. The Morgan fingerprint density at radius 1 is 1.45 bits per heavy atom. The number of aromatic amines is 1. The number of rotatable bonds is 1. The molecule has 11 heavy (non-hydrogen) atoms.